The maximum absolute atomic E-state index is 13.2. The summed E-state index contributed by atoms with van der Waals surface area (Å²) in [6.45, 7) is 0. The molecule has 0 aliphatic heterocycles. The van der Waals surface area contributed by atoms with Crippen molar-refractivity contribution in [1.82, 2.24) is 5.32 Å². The standard InChI is InChI=1S/C16H17F2NS/c1-19-15(11-20-16-5-3-2-4-6-16)9-12-7-13(17)10-14(18)8-12/h2-8,10,15,19H,9,11H2,1H3. The van der Waals surface area contributed by atoms with Gasteiger partial charge in [-0.1, -0.05) is 18.2 Å². The molecule has 106 valence electrons. The molecule has 0 aliphatic carbocycles. The fourth-order valence-electron chi connectivity index (χ4n) is 1.97. The fourth-order valence-corrected chi connectivity index (χ4v) is 3.00. The molecule has 0 bridgehead atoms. The number of hydrogen-bond donors (Lipinski definition) is 1. The highest BCUT2D eigenvalue weighted by Gasteiger charge is 2.10. The third kappa shape index (κ3) is 4.62. The van der Waals surface area contributed by atoms with E-state index in [-0.39, 0.29) is 6.04 Å². The average Bonchev–Trinajstić information content (AvgIpc) is 2.43. The summed E-state index contributed by atoms with van der Waals surface area (Å²) in [5.74, 6) is -0.199. The monoisotopic (exact) mass is 293 g/mol. The van der Waals surface area contributed by atoms with Crippen LogP contribution in [0.1, 0.15) is 5.56 Å². The first-order chi connectivity index (χ1) is 9.67. The lowest BCUT2D eigenvalue weighted by atomic mass is 10.1. The van der Waals surface area contributed by atoms with Crippen LogP contribution in [0, 0.1) is 11.6 Å². The number of thioether (sulfide) groups is 1. The van der Waals surface area contributed by atoms with E-state index in [1.54, 1.807) is 11.8 Å². The zero-order valence-electron chi connectivity index (χ0n) is 11.3. The molecule has 0 fully saturated rings. The summed E-state index contributed by atoms with van der Waals surface area (Å²) in [7, 11) is 1.87. The molecule has 2 rings (SSSR count). The highest BCUT2D eigenvalue weighted by atomic mass is 32.2. The highest BCUT2D eigenvalue weighted by molar-refractivity contribution is 7.99. The summed E-state index contributed by atoms with van der Waals surface area (Å²) in [6, 6.07) is 13.9. The van der Waals surface area contributed by atoms with Crippen LogP contribution in [0.4, 0.5) is 8.78 Å². The Labute approximate surface area is 122 Å². The van der Waals surface area contributed by atoms with Gasteiger partial charge in [0, 0.05) is 22.8 Å². The van der Waals surface area contributed by atoms with E-state index in [2.05, 4.69) is 17.4 Å². The SMILES string of the molecule is CNC(CSc1ccccc1)Cc1cc(F)cc(F)c1. The molecule has 0 saturated carbocycles. The van der Waals surface area contributed by atoms with Crippen LogP contribution >= 0.6 is 11.8 Å². The Morgan fingerprint density at radius 1 is 1.05 bits per heavy atom. The molecule has 1 atom stereocenters. The second-order valence-electron chi connectivity index (χ2n) is 4.59. The third-order valence-corrected chi connectivity index (χ3v) is 4.18. The smallest absolute Gasteiger partial charge is 0.126 e. The first-order valence-electron chi connectivity index (χ1n) is 6.47. The Hall–Kier alpha value is -1.39. The van der Waals surface area contributed by atoms with E-state index >= 15 is 0 Å². The molecule has 0 saturated heterocycles. The van der Waals surface area contributed by atoms with Crippen molar-refractivity contribution in [3.8, 4) is 0 Å². The van der Waals surface area contributed by atoms with Crippen LogP contribution in [-0.2, 0) is 6.42 Å². The minimum Gasteiger partial charge on any atom is -0.316 e. The topological polar surface area (TPSA) is 12.0 Å². The van der Waals surface area contributed by atoms with Crippen molar-refractivity contribution < 1.29 is 8.78 Å². The molecular weight excluding hydrogens is 276 g/mol. The Balaban J connectivity index is 1.95. The van der Waals surface area contributed by atoms with Gasteiger partial charge in [0.2, 0.25) is 0 Å². The quantitative estimate of drug-likeness (QED) is 0.811. The van der Waals surface area contributed by atoms with Crippen LogP contribution in [0.15, 0.2) is 53.4 Å². The molecule has 0 radical (unpaired) electrons. The van der Waals surface area contributed by atoms with Gasteiger partial charge in [-0.05, 0) is 43.3 Å². The zero-order valence-corrected chi connectivity index (χ0v) is 12.1. The first-order valence-corrected chi connectivity index (χ1v) is 7.46. The van der Waals surface area contributed by atoms with E-state index in [9.17, 15) is 8.78 Å². The highest BCUT2D eigenvalue weighted by Crippen LogP contribution is 2.19. The molecule has 2 aromatic carbocycles. The summed E-state index contributed by atoms with van der Waals surface area (Å²) < 4.78 is 26.3. The number of rotatable bonds is 6. The van der Waals surface area contributed by atoms with Crippen LogP contribution in [-0.4, -0.2) is 18.8 Å². The molecule has 0 aromatic heterocycles. The number of nitrogens with one attached hydrogen (secondary N) is 1. The maximum atomic E-state index is 13.2. The van der Waals surface area contributed by atoms with Crippen molar-refractivity contribution >= 4 is 11.8 Å². The lowest BCUT2D eigenvalue weighted by Gasteiger charge is -2.16. The van der Waals surface area contributed by atoms with Gasteiger partial charge in [0.15, 0.2) is 0 Å². The second kappa shape index (κ2) is 7.41. The van der Waals surface area contributed by atoms with Gasteiger partial charge in [0.05, 0.1) is 0 Å². The molecule has 0 amide bonds. The lowest BCUT2D eigenvalue weighted by Crippen LogP contribution is -2.30. The number of halogens is 2. The van der Waals surface area contributed by atoms with Gasteiger partial charge in [0.1, 0.15) is 11.6 Å². The minimum atomic E-state index is -0.523. The summed E-state index contributed by atoms with van der Waals surface area (Å²) >= 11 is 1.73. The van der Waals surface area contributed by atoms with Gasteiger partial charge in [-0.25, -0.2) is 8.78 Å². The van der Waals surface area contributed by atoms with Crippen molar-refractivity contribution in [2.24, 2.45) is 0 Å². The van der Waals surface area contributed by atoms with E-state index < -0.39 is 11.6 Å². The van der Waals surface area contributed by atoms with Crippen molar-refractivity contribution in [3.05, 3.63) is 65.7 Å². The summed E-state index contributed by atoms with van der Waals surface area (Å²) in [5, 5.41) is 3.19. The lowest BCUT2D eigenvalue weighted by molar-refractivity contribution is 0.569. The fraction of sp³-hybridized carbons (Fsp3) is 0.250. The van der Waals surface area contributed by atoms with E-state index in [1.807, 2.05) is 25.2 Å². The summed E-state index contributed by atoms with van der Waals surface area (Å²) in [4.78, 5) is 1.19. The maximum Gasteiger partial charge on any atom is 0.126 e. The van der Waals surface area contributed by atoms with Crippen LogP contribution in [0.5, 0.6) is 0 Å². The Morgan fingerprint density at radius 3 is 2.30 bits per heavy atom. The predicted octanol–water partition coefficient (Wildman–Crippen LogP) is 3.89. The Bertz CT molecular complexity index is 525. The Morgan fingerprint density at radius 2 is 1.70 bits per heavy atom. The molecule has 4 heteroatoms. The van der Waals surface area contributed by atoms with E-state index in [4.69, 9.17) is 0 Å². The third-order valence-electron chi connectivity index (χ3n) is 3.01. The molecule has 1 nitrogen and oxygen atoms in total. The molecule has 0 spiro atoms. The van der Waals surface area contributed by atoms with Gasteiger partial charge < -0.3 is 5.32 Å². The molecule has 2 aromatic rings. The van der Waals surface area contributed by atoms with Gasteiger partial charge in [-0.15, -0.1) is 11.8 Å². The second-order valence-corrected chi connectivity index (χ2v) is 5.68. The van der Waals surface area contributed by atoms with Crippen molar-refractivity contribution in [1.29, 1.82) is 0 Å². The molecule has 0 heterocycles. The average molecular weight is 293 g/mol. The molecule has 20 heavy (non-hydrogen) atoms. The van der Waals surface area contributed by atoms with Crippen LogP contribution in [0.2, 0.25) is 0 Å². The number of likely N-dealkylation sites (N-methyl/N-ethyl adjacent to an activating group) is 1. The minimum absolute atomic E-state index is 0.168. The van der Waals surface area contributed by atoms with Gasteiger partial charge in [-0.2, -0.15) is 0 Å². The number of benzene rings is 2. The van der Waals surface area contributed by atoms with Crippen LogP contribution in [0.3, 0.4) is 0 Å². The van der Waals surface area contributed by atoms with Crippen molar-refractivity contribution in [3.63, 3.8) is 0 Å². The van der Waals surface area contributed by atoms with E-state index in [1.165, 1.54) is 17.0 Å². The Kier molecular flexibility index (Phi) is 5.56. The summed E-state index contributed by atoms with van der Waals surface area (Å²) in [5.41, 5.74) is 0.676. The van der Waals surface area contributed by atoms with E-state index in [0.717, 1.165) is 11.8 Å². The van der Waals surface area contributed by atoms with Crippen LogP contribution in [0.25, 0.3) is 0 Å². The van der Waals surface area contributed by atoms with Gasteiger partial charge in [0.25, 0.3) is 0 Å². The molecule has 1 N–H and O–H groups in total. The van der Waals surface area contributed by atoms with Crippen molar-refractivity contribution in [2.45, 2.75) is 17.4 Å². The first kappa shape index (κ1) is 15.0. The molecular formula is C16H17F2NS. The van der Waals surface area contributed by atoms with Crippen LogP contribution < -0.4 is 5.32 Å². The predicted molar refractivity (Wildman–Crippen MR) is 80.1 cm³/mol. The number of hydrogen-bond acceptors (Lipinski definition) is 2. The van der Waals surface area contributed by atoms with Crippen molar-refractivity contribution in [2.75, 3.05) is 12.8 Å². The molecule has 0 aliphatic rings. The largest absolute Gasteiger partial charge is 0.316 e. The van der Waals surface area contributed by atoms with E-state index in [0.29, 0.717) is 12.0 Å². The summed E-state index contributed by atoms with van der Waals surface area (Å²) in [6.07, 6.45) is 0.602. The van der Waals surface area contributed by atoms with Gasteiger partial charge >= 0.3 is 0 Å². The van der Waals surface area contributed by atoms with Gasteiger partial charge in [-0.3, -0.25) is 0 Å². The normalized spacial score (nSPS) is 12.3. The molecule has 1 unspecified atom stereocenters. The zero-order chi connectivity index (χ0) is 14.4.